The van der Waals surface area contributed by atoms with Crippen molar-refractivity contribution < 1.29 is 19.1 Å². The van der Waals surface area contributed by atoms with Crippen LogP contribution in [0.5, 0.6) is 5.75 Å². The molecule has 2 amide bonds. The first-order valence-corrected chi connectivity index (χ1v) is 7.49. The van der Waals surface area contributed by atoms with E-state index in [1.54, 1.807) is 45.0 Å². The molecule has 128 valence electrons. The normalized spacial score (nSPS) is 10.7. The number of carbonyl (C=O) groups is 2. The van der Waals surface area contributed by atoms with E-state index in [0.29, 0.717) is 30.9 Å². The fourth-order valence-electron chi connectivity index (χ4n) is 1.63. The Bertz CT molecular complexity index is 526. The first-order valence-electron chi connectivity index (χ1n) is 7.49. The van der Waals surface area contributed by atoms with E-state index in [4.69, 9.17) is 15.2 Å². The topological polar surface area (TPSA) is 103 Å². The molecule has 0 radical (unpaired) electrons. The number of nitrogens with one attached hydrogen (secondary N) is 2. The molecule has 0 spiro atoms. The number of hydrogen-bond acceptors (Lipinski definition) is 5. The van der Waals surface area contributed by atoms with Gasteiger partial charge in [-0.1, -0.05) is 12.1 Å². The Morgan fingerprint density at radius 1 is 1.13 bits per heavy atom. The molecule has 0 heterocycles. The molecule has 0 atom stereocenters. The van der Waals surface area contributed by atoms with Crippen molar-refractivity contribution in [1.82, 2.24) is 10.6 Å². The monoisotopic (exact) mass is 323 g/mol. The number of carbonyl (C=O) groups excluding carboxylic acids is 2. The lowest BCUT2D eigenvalue weighted by molar-refractivity contribution is -0.123. The molecule has 1 rings (SSSR count). The van der Waals surface area contributed by atoms with Crippen LogP contribution in [0.1, 0.15) is 27.2 Å². The maximum absolute atomic E-state index is 11.6. The zero-order valence-corrected chi connectivity index (χ0v) is 13.8. The highest BCUT2D eigenvalue weighted by molar-refractivity contribution is 5.77. The van der Waals surface area contributed by atoms with Crippen LogP contribution in [0, 0.1) is 0 Å². The summed E-state index contributed by atoms with van der Waals surface area (Å²) in [6.07, 6.45) is 0.130. The number of benzene rings is 1. The standard InChI is InChI=1S/C16H25N3O4/c1-16(2,3)23-15(21)19-10-6-9-18-14(20)11-22-13-8-5-4-7-12(13)17/h4-5,7-8H,6,9-11,17H2,1-3H3,(H,18,20)(H,19,21). The summed E-state index contributed by atoms with van der Waals surface area (Å²) in [5.41, 5.74) is 5.68. The van der Waals surface area contributed by atoms with E-state index in [-0.39, 0.29) is 12.5 Å². The molecule has 1 aromatic rings. The van der Waals surface area contributed by atoms with Gasteiger partial charge in [0.15, 0.2) is 6.61 Å². The average Bonchev–Trinajstić information content (AvgIpc) is 2.44. The molecule has 0 aromatic heterocycles. The molecule has 1 aromatic carbocycles. The average molecular weight is 323 g/mol. The smallest absolute Gasteiger partial charge is 0.407 e. The minimum Gasteiger partial charge on any atom is -0.482 e. The molecule has 23 heavy (non-hydrogen) atoms. The summed E-state index contributed by atoms with van der Waals surface area (Å²) in [6, 6.07) is 6.98. The lowest BCUT2D eigenvalue weighted by Gasteiger charge is -2.19. The zero-order valence-electron chi connectivity index (χ0n) is 13.8. The summed E-state index contributed by atoms with van der Waals surface area (Å²) in [7, 11) is 0. The van der Waals surface area contributed by atoms with Crippen molar-refractivity contribution >= 4 is 17.7 Å². The van der Waals surface area contributed by atoms with E-state index in [9.17, 15) is 9.59 Å². The molecule has 0 saturated carbocycles. The van der Waals surface area contributed by atoms with Crippen LogP contribution in [0.25, 0.3) is 0 Å². The van der Waals surface area contributed by atoms with Crippen molar-refractivity contribution in [2.24, 2.45) is 0 Å². The van der Waals surface area contributed by atoms with Crippen LogP contribution < -0.4 is 21.1 Å². The van der Waals surface area contributed by atoms with E-state index in [0.717, 1.165) is 0 Å². The lowest BCUT2D eigenvalue weighted by Crippen LogP contribution is -2.35. The van der Waals surface area contributed by atoms with Gasteiger partial charge in [-0.05, 0) is 39.3 Å². The summed E-state index contributed by atoms with van der Waals surface area (Å²) in [5.74, 6) is 0.236. The predicted molar refractivity (Wildman–Crippen MR) is 88.2 cm³/mol. The quantitative estimate of drug-likeness (QED) is 0.523. The number of amides is 2. The molecular formula is C16H25N3O4. The Balaban J connectivity index is 2.11. The number of nitrogen functional groups attached to an aromatic ring is 1. The van der Waals surface area contributed by atoms with Crippen LogP contribution in [-0.2, 0) is 9.53 Å². The highest BCUT2D eigenvalue weighted by atomic mass is 16.6. The molecule has 7 heteroatoms. The van der Waals surface area contributed by atoms with Gasteiger partial charge in [0.1, 0.15) is 11.4 Å². The molecule has 0 aliphatic heterocycles. The molecule has 7 nitrogen and oxygen atoms in total. The number of nitrogens with two attached hydrogens (primary N) is 1. The number of anilines is 1. The van der Waals surface area contributed by atoms with Crippen LogP contribution in [0.3, 0.4) is 0 Å². The highest BCUT2D eigenvalue weighted by Gasteiger charge is 2.15. The van der Waals surface area contributed by atoms with Gasteiger partial charge in [-0.3, -0.25) is 4.79 Å². The van der Waals surface area contributed by atoms with Crippen molar-refractivity contribution in [3.05, 3.63) is 24.3 Å². The van der Waals surface area contributed by atoms with Crippen molar-refractivity contribution in [3.63, 3.8) is 0 Å². The van der Waals surface area contributed by atoms with E-state index >= 15 is 0 Å². The third kappa shape index (κ3) is 8.55. The fourth-order valence-corrected chi connectivity index (χ4v) is 1.63. The molecule has 0 bridgehead atoms. The first-order chi connectivity index (χ1) is 10.8. The fraction of sp³-hybridized carbons (Fsp3) is 0.500. The number of para-hydroxylation sites is 2. The van der Waals surface area contributed by atoms with Gasteiger partial charge in [-0.25, -0.2) is 4.79 Å². The van der Waals surface area contributed by atoms with E-state index in [1.807, 2.05) is 0 Å². The van der Waals surface area contributed by atoms with Gasteiger partial charge >= 0.3 is 6.09 Å². The van der Waals surface area contributed by atoms with Gasteiger partial charge in [0, 0.05) is 13.1 Å². The second kappa shape index (κ2) is 8.87. The second-order valence-electron chi connectivity index (χ2n) is 5.96. The van der Waals surface area contributed by atoms with Gasteiger partial charge in [0.05, 0.1) is 5.69 Å². The first kappa shape index (κ1) is 18.6. The number of rotatable bonds is 7. The SMILES string of the molecule is CC(C)(C)OC(=O)NCCCNC(=O)COc1ccccc1N. The van der Waals surface area contributed by atoms with E-state index in [2.05, 4.69) is 10.6 Å². The van der Waals surface area contributed by atoms with Gasteiger partial charge in [0.2, 0.25) is 0 Å². The van der Waals surface area contributed by atoms with Gasteiger partial charge in [0.25, 0.3) is 5.91 Å². The largest absolute Gasteiger partial charge is 0.482 e. The highest BCUT2D eigenvalue weighted by Crippen LogP contribution is 2.19. The molecule has 0 aliphatic carbocycles. The Hall–Kier alpha value is -2.44. The minimum atomic E-state index is -0.519. The summed E-state index contributed by atoms with van der Waals surface area (Å²) in [4.78, 5) is 23.0. The van der Waals surface area contributed by atoms with Crippen LogP contribution in [0.2, 0.25) is 0 Å². The molecule has 0 fully saturated rings. The Labute approximate surface area is 136 Å². The number of ether oxygens (including phenoxy) is 2. The zero-order chi connectivity index (χ0) is 17.3. The minimum absolute atomic E-state index is 0.103. The Morgan fingerprint density at radius 3 is 2.43 bits per heavy atom. The van der Waals surface area contributed by atoms with Crippen molar-refractivity contribution in [2.45, 2.75) is 32.8 Å². The number of hydrogen-bond donors (Lipinski definition) is 3. The summed E-state index contributed by atoms with van der Waals surface area (Å²) >= 11 is 0. The van der Waals surface area contributed by atoms with Crippen molar-refractivity contribution in [3.8, 4) is 5.75 Å². The number of alkyl carbamates (subject to hydrolysis) is 1. The molecule has 0 saturated heterocycles. The van der Waals surface area contributed by atoms with Crippen LogP contribution in [-0.4, -0.2) is 37.3 Å². The van der Waals surface area contributed by atoms with Gasteiger partial charge in [-0.15, -0.1) is 0 Å². The third-order valence-electron chi connectivity index (χ3n) is 2.62. The van der Waals surface area contributed by atoms with Crippen LogP contribution >= 0.6 is 0 Å². The second-order valence-corrected chi connectivity index (χ2v) is 5.96. The van der Waals surface area contributed by atoms with Crippen LogP contribution in [0.15, 0.2) is 24.3 Å². The van der Waals surface area contributed by atoms with Crippen molar-refractivity contribution in [2.75, 3.05) is 25.4 Å². The molecule has 0 unspecified atom stereocenters. The maximum Gasteiger partial charge on any atom is 0.407 e. The molecule has 4 N–H and O–H groups in total. The van der Waals surface area contributed by atoms with E-state index in [1.165, 1.54) is 0 Å². The van der Waals surface area contributed by atoms with E-state index < -0.39 is 11.7 Å². The maximum atomic E-state index is 11.6. The lowest BCUT2D eigenvalue weighted by atomic mass is 10.2. The third-order valence-corrected chi connectivity index (χ3v) is 2.62. The summed E-state index contributed by atoms with van der Waals surface area (Å²) < 4.78 is 10.4. The van der Waals surface area contributed by atoms with Crippen LogP contribution in [0.4, 0.5) is 10.5 Å². The predicted octanol–water partition coefficient (Wildman–Crippen LogP) is 1.68. The summed E-state index contributed by atoms with van der Waals surface area (Å²) in [6.45, 7) is 6.14. The Kier molecular flexibility index (Phi) is 7.18. The Morgan fingerprint density at radius 2 is 1.78 bits per heavy atom. The van der Waals surface area contributed by atoms with Crippen molar-refractivity contribution in [1.29, 1.82) is 0 Å². The van der Waals surface area contributed by atoms with Gasteiger partial charge in [-0.2, -0.15) is 0 Å². The molecule has 0 aliphatic rings. The summed E-state index contributed by atoms with van der Waals surface area (Å²) in [5, 5.41) is 5.32. The molecular weight excluding hydrogens is 298 g/mol. The van der Waals surface area contributed by atoms with Gasteiger partial charge < -0.3 is 25.8 Å².